The van der Waals surface area contributed by atoms with Crippen molar-refractivity contribution in [3.8, 4) is 0 Å². The second-order valence-electron chi connectivity index (χ2n) is 7.14. The van der Waals surface area contributed by atoms with Crippen LogP contribution < -0.4 is 10.2 Å². The number of hydrogen-bond acceptors (Lipinski definition) is 3. The lowest BCUT2D eigenvalue weighted by atomic mass is 10.1. The van der Waals surface area contributed by atoms with Gasteiger partial charge in [0.2, 0.25) is 5.91 Å². The van der Waals surface area contributed by atoms with Crippen molar-refractivity contribution in [1.82, 2.24) is 15.3 Å². The fourth-order valence-corrected chi connectivity index (χ4v) is 3.96. The van der Waals surface area contributed by atoms with E-state index in [9.17, 15) is 9.59 Å². The molecule has 1 aliphatic rings. The summed E-state index contributed by atoms with van der Waals surface area (Å²) in [7, 11) is 0. The van der Waals surface area contributed by atoms with Crippen molar-refractivity contribution < 1.29 is 9.59 Å². The average Bonchev–Trinajstić information content (AvgIpc) is 3.40. The fourth-order valence-electron chi connectivity index (χ4n) is 3.96. The number of rotatable bonds is 5. The summed E-state index contributed by atoms with van der Waals surface area (Å²) < 4.78 is 0. The first-order valence-electron chi connectivity index (χ1n) is 9.43. The third-order valence-electron chi connectivity index (χ3n) is 5.40. The van der Waals surface area contributed by atoms with Crippen LogP contribution in [0.3, 0.4) is 0 Å². The van der Waals surface area contributed by atoms with Gasteiger partial charge in [-0.15, -0.1) is 0 Å². The molecular formula is C22H20N4O2. The molecule has 4 aromatic rings. The van der Waals surface area contributed by atoms with Crippen molar-refractivity contribution in [2.75, 3.05) is 11.4 Å². The molecule has 2 aromatic heterocycles. The number of amides is 2. The van der Waals surface area contributed by atoms with Gasteiger partial charge in [0, 0.05) is 35.4 Å². The highest BCUT2D eigenvalue weighted by Crippen LogP contribution is 2.26. The van der Waals surface area contributed by atoms with Gasteiger partial charge in [-0.25, -0.2) is 4.90 Å². The maximum absolute atomic E-state index is 12.8. The first-order chi connectivity index (χ1) is 13.7. The van der Waals surface area contributed by atoms with Crippen molar-refractivity contribution in [1.29, 1.82) is 0 Å². The summed E-state index contributed by atoms with van der Waals surface area (Å²) in [5.74, 6) is -0.352. The molecule has 0 bridgehead atoms. The predicted molar refractivity (Wildman–Crippen MR) is 109 cm³/mol. The van der Waals surface area contributed by atoms with E-state index in [0.717, 1.165) is 22.8 Å². The number of nitrogens with zero attached hydrogens (tertiary/aromatic N) is 1. The molecule has 1 aliphatic heterocycles. The minimum absolute atomic E-state index is 0.166. The number of benzene rings is 2. The van der Waals surface area contributed by atoms with E-state index in [1.165, 1.54) is 15.8 Å². The molecular weight excluding hydrogens is 352 g/mol. The van der Waals surface area contributed by atoms with E-state index in [4.69, 9.17) is 0 Å². The third-order valence-corrected chi connectivity index (χ3v) is 5.40. The first-order valence-corrected chi connectivity index (χ1v) is 9.43. The van der Waals surface area contributed by atoms with Crippen LogP contribution in [0.5, 0.6) is 0 Å². The van der Waals surface area contributed by atoms with E-state index >= 15 is 0 Å². The van der Waals surface area contributed by atoms with E-state index in [2.05, 4.69) is 21.4 Å². The Labute approximate surface area is 161 Å². The highest BCUT2D eigenvalue weighted by Gasteiger charge is 2.39. The number of carbonyl (C=O) groups excluding carboxylic acids is 2. The molecule has 0 aliphatic carbocycles. The normalized spacial score (nSPS) is 17.3. The number of imide groups is 1. The summed E-state index contributed by atoms with van der Waals surface area (Å²) in [6.07, 6.45) is 4.83. The maximum atomic E-state index is 12.8. The Kier molecular flexibility index (Phi) is 3.98. The van der Waals surface area contributed by atoms with Crippen LogP contribution in [0.25, 0.3) is 21.8 Å². The molecule has 0 radical (unpaired) electrons. The van der Waals surface area contributed by atoms with Crippen molar-refractivity contribution in [3.63, 3.8) is 0 Å². The van der Waals surface area contributed by atoms with Gasteiger partial charge in [-0.3, -0.25) is 9.59 Å². The topological polar surface area (TPSA) is 81.0 Å². The predicted octanol–water partition coefficient (Wildman–Crippen LogP) is 3.11. The Morgan fingerprint density at radius 2 is 1.93 bits per heavy atom. The Hall–Kier alpha value is -3.38. The minimum Gasteiger partial charge on any atom is -0.361 e. The van der Waals surface area contributed by atoms with Crippen molar-refractivity contribution in [3.05, 3.63) is 66.5 Å². The van der Waals surface area contributed by atoms with Gasteiger partial charge in [0.1, 0.15) is 0 Å². The molecule has 0 spiro atoms. The number of hydrogen-bond donors (Lipinski definition) is 3. The third kappa shape index (κ3) is 2.78. The average molecular weight is 372 g/mol. The SMILES string of the molecule is O=C1CC(NCCc2c[nH]c3ccccc23)C(=O)N1c1ccc2cc[nH]c2c1. The van der Waals surface area contributed by atoms with Crippen LogP contribution in [0.4, 0.5) is 5.69 Å². The Balaban J connectivity index is 1.28. The van der Waals surface area contributed by atoms with E-state index in [1.54, 1.807) is 0 Å². The van der Waals surface area contributed by atoms with Gasteiger partial charge in [0.15, 0.2) is 0 Å². The molecule has 1 saturated heterocycles. The highest BCUT2D eigenvalue weighted by molar-refractivity contribution is 6.22. The Morgan fingerprint density at radius 3 is 2.86 bits per heavy atom. The fraction of sp³-hybridized carbons (Fsp3) is 0.182. The van der Waals surface area contributed by atoms with Gasteiger partial charge in [-0.1, -0.05) is 24.3 Å². The van der Waals surface area contributed by atoms with Crippen molar-refractivity contribution in [2.45, 2.75) is 18.9 Å². The molecule has 3 heterocycles. The van der Waals surface area contributed by atoms with Crippen LogP contribution in [0, 0.1) is 0 Å². The quantitative estimate of drug-likeness (QED) is 0.471. The summed E-state index contributed by atoms with van der Waals surface area (Å²) >= 11 is 0. The number of H-pyrrole nitrogens is 2. The zero-order valence-electron chi connectivity index (χ0n) is 15.2. The lowest BCUT2D eigenvalue weighted by Gasteiger charge is -2.15. The molecule has 3 N–H and O–H groups in total. The minimum atomic E-state index is -0.475. The first kappa shape index (κ1) is 16.8. The van der Waals surface area contributed by atoms with Gasteiger partial charge >= 0.3 is 0 Å². The summed E-state index contributed by atoms with van der Waals surface area (Å²) in [4.78, 5) is 33.0. The van der Waals surface area contributed by atoms with E-state index in [1.807, 2.05) is 54.9 Å². The summed E-state index contributed by atoms with van der Waals surface area (Å²) in [5, 5.41) is 5.51. The number of para-hydroxylation sites is 1. The summed E-state index contributed by atoms with van der Waals surface area (Å²) in [5.41, 5.74) is 3.84. The number of aromatic amines is 2. The van der Waals surface area contributed by atoms with Crippen molar-refractivity contribution >= 4 is 39.3 Å². The smallest absolute Gasteiger partial charge is 0.251 e. The van der Waals surface area contributed by atoms with Gasteiger partial charge in [0.25, 0.3) is 5.91 Å². The second kappa shape index (κ2) is 6.65. The van der Waals surface area contributed by atoms with E-state index in [-0.39, 0.29) is 18.2 Å². The monoisotopic (exact) mass is 372 g/mol. The van der Waals surface area contributed by atoms with Crippen LogP contribution in [-0.2, 0) is 16.0 Å². The lowest BCUT2D eigenvalue weighted by molar-refractivity contribution is -0.121. The summed E-state index contributed by atoms with van der Waals surface area (Å²) in [6.45, 7) is 0.634. The van der Waals surface area contributed by atoms with E-state index < -0.39 is 6.04 Å². The van der Waals surface area contributed by atoms with Gasteiger partial charge < -0.3 is 15.3 Å². The maximum Gasteiger partial charge on any atom is 0.251 e. The lowest BCUT2D eigenvalue weighted by Crippen LogP contribution is -2.39. The number of carbonyl (C=O) groups is 2. The Morgan fingerprint density at radius 1 is 1.04 bits per heavy atom. The van der Waals surface area contributed by atoms with Crippen LogP contribution in [0.2, 0.25) is 0 Å². The molecule has 140 valence electrons. The molecule has 6 heteroatoms. The molecule has 5 rings (SSSR count). The molecule has 6 nitrogen and oxygen atoms in total. The molecule has 1 atom stereocenters. The van der Waals surface area contributed by atoms with Crippen LogP contribution in [-0.4, -0.2) is 34.4 Å². The van der Waals surface area contributed by atoms with Gasteiger partial charge in [-0.05, 0) is 41.6 Å². The van der Waals surface area contributed by atoms with Crippen LogP contribution in [0.1, 0.15) is 12.0 Å². The molecule has 2 amide bonds. The molecule has 0 saturated carbocycles. The molecule has 2 aromatic carbocycles. The largest absolute Gasteiger partial charge is 0.361 e. The number of anilines is 1. The summed E-state index contributed by atoms with van der Waals surface area (Å²) in [6, 6.07) is 15.2. The Bertz CT molecular complexity index is 1190. The van der Waals surface area contributed by atoms with Crippen LogP contribution in [0.15, 0.2) is 60.9 Å². The van der Waals surface area contributed by atoms with Crippen LogP contribution >= 0.6 is 0 Å². The van der Waals surface area contributed by atoms with Gasteiger partial charge in [0.05, 0.1) is 18.2 Å². The number of fused-ring (bicyclic) bond motifs is 2. The van der Waals surface area contributed by atoms with Gasteiger partial charge in [-0.2, -0.15) is 0 Å². The van der Waals surface area contributed by atoms with E-state index in [0.29, 0.717) is 12.2 Å². The molecule has 1 unspecified atom stereocenters. The second-order valence-corrected chi connectivity index (χ2v) is 7.14. The zero-order chi connectivity index (χ0) is 19.1. The number of nitrogens with one attached hydrogen (secondary N) is 3. The number of aromatic nitrogens is 2. The van der Waals surface area contributed by atoms with Crippen molar-refractivity contribution in [2.24, 2.45) is 0 Å². The molecule has 1 fully saturated rings. The molecule has 28 heavy (non-hydrogen) atoms. The standard InChI is InChI=1S/C22H20N4O2/c27-21-12-20(24-10-8-15-13-25-18-4-2-1-3-17(15)18)22(28)26(21)16-6-5-14-7-9-23-19(14)11-16/h1-7,9,11,13,20,23-25H,8,10,12H2. The zero-order valence-corrected chi connectivity index (χ0v) is 15.2. The highest BCUT2D eigenvalue weighted by atomic mass is 16.2.